The fraction of sp³-hybridized carbons (Fsp3) is 0.238. The molecule has 0 fully saturated rings. The first-order valence-corrected chi connectivity index (χ1v) is 9.55. The van der Waals surface area contributed by atoms with Crippen molar-refractivity contribution in [1.29, 1.82) is 0 Å². The van der Waals surface area contributed by atoms with E-state index in [1.807, 2.05) is 62.4 Å². The molecule has 1 aliphatic heterocycles. The zero-order chi connectivity index (χ0) is 21.1. The Kier molecular flexibility index (Phi) is 5.34. The number of para-hydroxylation sites is 1. The van der Waals surface area contributed by atoms with Gasteiger partial charge in [-0.1, -0.05) is 29.4 Å². The fourth-order valence-electron chi connectivity index (χ4n) is 3.46. The third kappa shape index (κ3) is 3.57. The molecule has 9 nitrogen and oxygen atoms in total. The number of carbonyl (C=O) groups is 1. The van der Waals surface area contributed by atoms with Crippen molar-refractivity contribution in [3.63, 3.8) is 0 Å². The molecule has 0 spiro atoms. The van der Waals surface area contributed by atoms with Crippen molar-refractivity contribution in [2.75, 3.05) is 24.4 Å². The average Bonchev–Trinajstić information content (AvgIpc) is 3.22. The summed E-state index contributed by atoms with van der Waals surface area (Å²) in [6.45, 7) is 4.26. The molecule has 0 radical (unpaired) electrons. The molecule has 1 amide bonds. The van der Waals surface area contributed by atoms with E-state index >= 15 is 0 Å². The van der Waals surface area contributed by atoms with Crippen LogP contribution in [0.3, 0.4) is 0 Å². The lowest BCUT2D eigenvalue weighted by atomic mass is 9.94. The molecule has 4 rings (SSSR count). The molecule has 154 valence electrons. The quantitative estimate of drug-likeness (QED) is 0.649. The smallest absolute Gasteiger partial charge is 0.255 e. The van der Waals surface area contributed by atoms with E-state index in [9.17, 15) is 4.79 Å². The van der Waals surface area contributed by atoms with E-state index in [1.165, 1.54) is 0 Å². The Hall–Kier alpha value is -3.88. The predicted molar refractivity (Wildman–Crippen MR) is 112 cm³/mol. The van der Waals surface area contributed by atoms with Gasteiger partial charge in [0, 0.05) is 11.4 Å². The lowest BCUT2D eigenvalue weighted by molar-refractivity contribution is -0.113. The first-order chi connectivity index (χ1) is 14.6. The third-order valence-electron chi connectivity index (χ3n) is 4.79. The number of hydrogen-bond acceptors (Lipinski definition) is 7. The van der Waals surface area contributed by atoms with Gasteiger partial charge in [-0.25, -0.2) is 0 Å². The number of methoxy groups -OCH3 is 1. The summed E-state index contributed by atoms with van der Waals surface area (Å²) in [5.74, 6) is 1.42. The molecule has 3 aromatic rings. The number of nitrogens with zero attached hydrogens (tertiary/aromatic N) is 4. The summed E-state index contributed by atoms with van der Waals surface area (Å²) in [6.07, 6.45) is 0. The molecule has 0 saturated carbocycles. The van der Waals surface area contributed by atoms with E-state index in [2.05, 4.69) is 26.2 Å². The van der Waals surface area contributed by atoms with Crippen LogP contribution in [0.2, 0.25) is 0 Å². The number of fused-ring (bicyclic) bond motifs is 1. The molecule has 0 unspecified atom stereocenters. The maximum Gasteiger partial charge on any atom is 0.255 e. The Balaban J connectivity index is 1.78. The maximum absolute atomic E-state index is 13.3. The molecule has 2 aromatic carbocycles. The molecular formula is C21H22N6O3. The lowest BCUT2D eigenvalue weighted by Crippen LogP contribution is -2.31. The predicted octanol–water partition coefficient (Wildman–Crippen LogP) is 3.01. The fourth-order valence-corrected chi connectivity index (χ4v) is 3.46. The molecule has 1 atom stereocenters. The van der Waals surface area contributed by atoms with E-state index in [0.29, 0.717) is 41.0 Å². The van der Waals surface area contributed by atoms with Gasteiger partial charge in [-0.3, -0.25) is 4.79 Å². The Morgan fingerprint density at radius 3 is 2.73 bits per heavy atom. The summed E-state index contributed by atoms with van der Waals surface area (Å²) in [4.78, 5) is 13.3. The highest BCUT2D eigenvalue weighted by molar-refractivity contribution is 6.06. The first-order valence-electron chi connectivity index (χ1n) is 9.55. The van der Waals surface area contributed by atoms with Gasteiger partial charge in [0.15, 0.2) is 11.5 Å². The normalized spacial score (nSPS) is 15.2. The molecule has 0 bridgehead atoms. The number of rotatable bonds is 6. The van der Waals surface area contributed by atoms with Crippen molar-refractivity contribution < 1.29 is 14.3 Å². The lowest BCUT2D eigenvalue weighted by Gasteiger charge is -2.28. The van der Waals surface area contributed by atoms with Crippen LogP contribution in [0, 0.1) is 0 Å². The van der Waals surface area contributed by atoms with Gasteiger partial charge in [0.2, 0.25) is 5.95 Å². The number of amides is 1. The monoisotopic (exact) mass is 406 g/mol. The van der Waals surface area contributed by atoms with Gasteiger partial charge in [0.05, 0.1) is 19.3 Å². The zero-order valence-electron chi connectivity index (χ0n) is 16.9. The molecular weight excluding hydrogens is 384 g/mol. The molecule has 0 saturated heterocycles. The van der Waals surface area contributed by atoms with E-state index in [4.69, 9.17) is 9.47 Å². The van der Waals surface area contributed by atoms with Crippen LogP contribution in [0.4, 0.5) is 11.6 Å². The topological polar surface area (TPSA) is 103 Å². The molecule has 1 aromatic heterocycles. The van der Waals surface area contributed by atoms with Gasteiger partial charge < -0.3 is 20.1 Å². The highest BCUT2D eigenvalue weighted by Gasteiger charge is 2.34. The largest absolute Gasteiger partial charge is 0.493 e. The number of allylic oxidation sites excluding steroid dienone is 1. The minimum absolute atomic E-state index is 0.245. The van der Waals surface area contributed by atoms with E-state index in [1.54, 1.807) is 11.8 Å². The van der Waals surface area contributed by atoms with Crippen LogP contribution in [0.1, 0.15) is 25.5 Å². The minimum Gasteiger partial charge on any atom is -0.493 e. The van der Waals surface area contributed by atoms with Crippen molar-refractivity contribution in [3.05, 3.63) is 65.4 Å². The van der Waals surface area contributed by atoms with Gasteiger partial charge in [-0.15, -0.1) is 0 Å². The second-order valence-corrected chi connectivity index (χ2v) is 6.68. The van der Waals surface area contributed by atoms with E-state index in [0.717, 1.165) is 5.56 Å². The van der Waals surface area contributed by atoms with Crippen LogP contribution in [0.15, 0.2) is 59.8 Å². The Morgan fingerprint density at radius 2 is 2.00 bits per heavy atom. The molecule has 9 heteroatoms. The number of nitrogens with one attached hydrogen (secondary N) is 2. The average molecular weight is 406 g/mol. The molecule has 1 aliphatic rings. The minimum atomic E-state index is -0.537. The van der Waals surface area contributed by atoms with Gasteiger partial charge in [0.25, 0.3) is 5.91 Å². The van der Waals surface area contributed by atoms with Crippen molar-refractivity contribution in [2.24, 2.45) is 0 Å². The van der Waals surface area contributed by atoms with Crippen LogP contribution in [0.5, 0.6) is 11.5 Å². The van der Waals surface area contributed by atoms with Gasteiger partial charge in [-0.05, 0) is 54.1 Å². The Morgan fingerprint density at radius 1 is 1.20 bits per heavy atom. The van der Waals surface area contributed by atoms with Crippen LogP contribution < -0.4 is 20.1 Å². The first kappa shape index (κ1) is 19.4. The number of aromatic nitrogens is 4. The molecule has 2 N–H and O–H groups in total. The molecule has 0 aliphatic carbocycles. The Bertz CT molecular complexity index is 1090. The van der Waals surface area contributed by atoms with Crippen molar-refractivity contribution in [3.8, 4) is 11.5 Å². The number of anilines is 2. The summed E-state index contributed by atoms with van der Waals surface area (Å²) >= 11 is 0. The summed E-state index contributed by atoms with van der Waals surface area (Å²) < 4.78 is 12.7. The summed E-state index contributed by atoms with van der Waals surface area (Å²) in [5, 5.41) is 18.0. The van der Waals surface area contributed by atoms with Crippen molar-refractivity contribution in [1.82, 2.24) is 20.2 Å². The van der Waals surface area contributed by atoms with Crippen molar-refractivity contribution >= 4 is 17.5 Å². The second kappa shape index (κ2) is 8.24. The summed E-state index contributed by atoms with van der Waals surface area (Å²) in [7, 11) is 1.58. The second-order valence-electron chi connectivity index (χ2n) is 6.68. The number of hydrogen-bond donors (Lipinski definition) is 2. The molecule has 2 heterocycles. The van der Waals surface area contributed by atoms with Crippen LogP contribution >= 0.6 is 0 Å². The zero-order valence-corrected chi connectivity index (χ0v) is 16.9. The van der Waals surface area contributed by atoms with E-state index in [-0.39, 0.29) is 5.91 Å². The van der Waals surface area contributed by atoms with Gasteiger partial charge in [-0.2, -0.15) is 4.68 Å². The molecule has 30 heavy (non-hydrogen) atoms. The van der Waals surface area contributed by atoms with E-state index < -0.39 is 6.04 Å². The highest BCUT2D eigenvalue weighted by atomic mass is 16.5. The summed E-state index contributed by atoms with van der Waals surface area (Å²) in [6, 6.07) is 14.3. The summed E-state index contributed by atoms with van der Waals surface area (Å²) in [5.41, 5.74) is 2.67. The number of benzene rings is 2. The van der Waals surface area contributed by atoms with Gasteiger partial charge >= 0.3 is 0 Å². The standard InChI is InChI=1S/C21H22N6O3/c1-4-30-16-11-10-14(12-17(16)29-3)19-18(13(2)22-21-24-25-26-27(19)21)20(28)23-15-8-6-5-7-9-15/h5-12,19H,4H2,1-3H3,(H,23,28)(H,22,24,26)/t19-/m0/s1. The van der Waals surface area contributed by atoms with Crippen LogP contribution in [-0.2, 0) is 4.79 Å². The van der Waals surface area contributed by atoms with Crippen molar-refractivity contribution in [2.45, 2.75) is 19.9 Å². The Labute approximate surface area is 173 Å². The maximum atomic E-state index is 13.3. The number of tetrazole rings is 1. The van der Waals surface area contributed by atoms with Crippen LogP contribution in [-0.4, -0.2) is 39.8 Å². The third-order valence-corrected chi connectivity index (χ3v) is 4.79. The number of carbonyl (C=O) groups excluding carboxylic acids is 1. The van der Waals surface area contributed by atoms with Gasteiger partial charge in [0.1, 0.15) is 6.04 Å². The van der Waals surface area contributed by atoms with Crippen LogP contribution in [0.25, 0.3) is 0 Å². The highest BCUT2D eigenvalue weighted by Crippen LogP contribution is 2.38. The SMILES string of the molecule is CCOc1ccc([C@H]2C(C(=O)Nc3ccccc3)=C(C)Nc3nnnn32)cc1OC. The number of ether oxygens (including phenoxy) is 2.